The largest absolute Gasteiger partial charge is 0.497 e. The second kappa shape index (κ2) is 8.90. The molecule has 36 heavy (non-hydrogen) atoms. The summed E-state index contributed by atoms with van der Waals surface area (Å²) in [4.78, 5) is 4.83. The number of aromatic nitrogens is 2. The second-order valence-electron chi connectivity index (χ2n) is 8.85. The molecule has 0 saturated heterocycles. The van der Waals surface area contributed by atoms with Crippen LogP contribution >= 0.6 is 0 Å². The van der Waals surface area contributed by atoms with E-state index in [0.717, 1.165) is 45.1 Å². The van der Waals surface area contributed by atoms with E-state index in [2.05, 4.69) is 78.1 Å². The Morgan fingerprint density at radius 2 is 1.31 bits per heavy atom. The first-order chi connectivity index (χ1) is 17.7. The summed E-state index contributed by atoms with van der Waals surface area (Å²) in [6.07, 6.45) is 1.85. The van der Waals surface area contributed by atoms with Crippen molar-refractivity contribution in [2.75, 3.05) is 14.2 Å². The number of pyridine rings is 2. The molecule has 0 aliphatic heterocycles. The van der Waals surface area contributed by atoms with E-state index in [1.165, 1.54) is 22.0 Å². The average molecular weight is 471 g/mol. The maximum absolute atomic E-state index is 5.39. The van der Waals surface area contributed by atoms with E-state index >= 15 is 0 Å². The quantitative estimate of drug-likeness (QED) is 0.258. The normalized spacial score (nSPS) is 11.2. The van der Waals surface area contributed by atoms with Gasteiger partial charge in [0.15, 0.2) is 0 Å². The lowest BCUT2D eigenvalue weighted by atomic mass is 9.98. The molecule has 0 radical (unpaired) electrons. The maximum Gasteiger partial charge on any atom is 0.118 e. The fourth-order valence-corrected chi connectivity index (χ4v) is 4.99. The molecule has 6 aromatic rings. The SMILES string of the molecule is COc1ccc(-c2cc(-c3cccnc3-c3ccc(OC)cc3)n3c(c2)c(C)c2ccccc23)cc1. The van der Waals surface area contributed by atoms with E-state index in [1.54, 1.807) is 14.2 Å². The van der Waals surface area contributed by atoms with Crippen LogP contribution in [0.4, 0.5) is 0 Å². The van der Waals surface area contributed by atoms with Gasteiger partial charge < -0.3 is 13.9 Å². The molecule has 0 aliphatic rings. The van der Waals surface area contributed by atoms with Gasteiger partial charge in [0.1, 0.15) is 11.5 Å². The predicted molar refractivity (Wildman–Crippen MR) is 147 cm³/mol. The Balaban J connectivity index is 1.67. The highest BCUT2D eigenvalue weighted by Crippen LogP contribution is 2.38. The zero-order valence-corrected chi connectivity index (χ0v) is 20.5. The van der Waals surface area contributed by atoms with Gasteiger partial charge in [-0.25, -0.2) is 0 Å². The Labute approximate surface area is 210 Å². The standard InChI is InChI=1S/C32H26N2O2/c1-21-27-7-4-5-9-29(27)34-30(21)19-24(22-10-14-25(35-2)15-11-22)20-31(34)28-8-6-18-33-32(28)23-12-16-26(36-3)17-13-23/h4-20H,1-3H3. The highest BCUT2D eigenvalue weighted by molar-refractivity contribution is 5.97. The Kier molecular flexibility index (Phi) is 5.42. The highest BCUT2D eigenvalue weighted by atomic mass is 16.5. The number of benzene rings is 3. The van der Waals surface area contributed by atoms with Crippen molar-refractivity contribution in [1.29, 1.82) is 0 Å². The number of hydrogen-bond acceptors (Lipinski definition) is 3. The number of aryl methyl sites for hydroxylation is 1. The Morgan fingerprint density at radius 3 is 2.00 bits per heavy atom. The van der Waals surface area contributed by atoms with Gasteiger partial charge in [-0.3, -0.25) is 4.98 Å². The molecule has 3 aromatic carbocycles. The molecule has 0 atom stereocenters. The van der Waals surface area contributed by atoms with Crippen molar-refractivity contribution in [2.45, 2.75) is 6.92 Å². The van der Waals surface area contributed by atoms with Gasteiger partial charge in [0.05, 0.1) is 36.6 Å². The van der Waals surface area contributed by atoms with Crippen LogP contribution in [0.5, 0.6) is 11.5 Å². The summed E-state index contributed by atoms with van der Waals surface area (Å²) in [5.74, 6) is 1.67. The third-order valence-corrected chi connectivity index (χ3v) is 6.87. The molecule has 3 heterocycles. The van der Waals surface area contributed by atoms with Crippen LogP contribution < -0.4 is 9.47 Å². The van der Waals surface area contributed by atoms with Crippen molar-refractivity contribution in [1.82, 2.24) is 9.38 Å². The summed E-state index contributed by atoms with van der Waals surface area (Å²) in [7, 11) is 3.37. The topological polar surface area (TPSA) is 35.8 Å². The van der Waals surface area contributed by atoms with Gasteiger partial charge in [-0.15, -0.1) is 0 Å². The van der Waals surface area contributed by atoms with E-state index < -0.39 is 0 Å². The summed E-state index contributed by atoms with van der Waals surface area (Å²) in [5.41, 5.74) is 10.1. The molecule has 0 bridgehead atoms. The molecule has 4 nitrogen and oxygen atoms in total. The first-order valence-electron chi connectivity index (χ1n) is 12.0. The van der Waals surface area contributed by atoms with Crippen molar-refractivity contribution in [2.24, 2.45) is 0 Å². The van der Waals surface area contributed by atoms with Gasteiger partial charge in [-0.1, -0.05) is 30.3 Å². The van der Waals surface area contributed by atoms with Gasteiger partial charge in [0.2, 0.25) is 0 Å². The van der Waals surface area contributed by atoms with Crippen LogP contribution in [0.25, 0.3) is 50.1 Å². The molecular weight excluding hydrogens is 444 g/mol. The molecule has 176 valence electrons. The van der Waals surface area contributed by atoms with Crippen LogP contribution in [0.3, 0.4) is 0 Å². The van der Waals surface area contributed by atoms with E-state index in [0.29, 0.717) is 0 Å². The number of hydrogen-bond donors (Lipinski definition) is 0. The van der Waals surface area contributed by atoms with Gasteiger partial charge in [-0.2, -0.15) is 0 Å². The Bertz CT molecular complexity index is 1700. The van der Waals surface area contributed by atoms with Crippen molar-refractivity contribution in [3.63, 3.8) is 0 Å². The van der Waals surface area contributed by atoms with Gasteiger partial charge in [0.25, 0.3) is 0 Å². The highest BCUT2D eigenvalue weighted by Gasteiger charge is 2.18. The third kappa shape index (κ3) is 3.59. The molecule has 4 heteroatoms. The van der Waals surface area contributed by atoms with E-state index in [1.807, 2.05) is 36.5 Å². The summed E-state index contributed by atoms with van der Waals surface area (Å²) < 4.78 is 13.1. The Morgan fingerprint density at radius 1 is 0.639 bits per heavy atom. The minimum absolute atomic E-state index is 0.826. The molecule has 3 aromatic heterocycles. The van der Waals surface area contributed by atoms with Crippen molar-refractivity contribution < 1.29 is 9.47 Å². The molecule has 6 rings (SSSR count). The summed E-state index contributed by atoms with van der Waals surface area (Å²) >= 11 is 0. The number of ether oxygens (including phenoxy) is 2. The lowest BCUT2D eigenvalue weighted by molar-refractivity contribution is 0.415. The van der Waals surface area contributed by atoms with E-state index in [4.69, 9.17) is 14.5 Å². The van der Waals surface area contributed by atoms with Crippen LogP contribution in [0.2, 0.25) is 0 Å². The van der Waals surface area contributed by atoms with Crippen LogP contribution in [0.1, 0.15) is 5.56 Å². The molecule has 0 spiro atoms. The van der Waals surface area contributed by atoms with Crippen LogP contribution in [-0.4, -0.2) is 23.6 Å². The minimum Gasteiger partial charge on any atom is -0.497 e. The fourth-order valence-electron chi connectivity index (χ4n) is 4.99. The summed E-state index contributed by atoms with van der Waals surface area (Å²) in [6, 6.07) is 33.6. The molecule has 0 unspecified atom stereocenters. The number of para-hydroxylation sites is 1. The lowest BCUT2D eigenvalue weighted by Gasteiger charge is -2.15. The second-order valence-corrected chi connectivity index (χ2v) is 8.85. The third-order valence-electron chi connectivity index (χ3n) is 6.87. The number of rotatable bonds is 5. The molecular formula is C32H26N2O2. The number of fused-ring (bicyclic) bond motifs is 3. The van der Waals surface area contributed by atoms with E-state index in [9.17, 15) is 0 Å². The molecule has 0 N–H and O–H groups in total. The summed E-state index contributed by atoms with van der Waals surface area (Å²) in [6.45, 7) is 2.20. The average Bonchev–Trinajstić information content (AvgIpc) is 3.24. The minimum atomic E-state index is 0.826. The summed E-state index contributed by atoms with van der Waals surface area (Å²) in [5, 5.41) is 1.25. The van der Waals surface area contributed by atoms with Gasteiger partial charge in [-0.05, 0) is 90.3 Å². The van der Waals surface area contributed by atoms with E-state index in [-0.39, 0.29) is 0 Å². The van der Waals surface area contributed by atoms with Gasteiger partial charge in [0, 0.05) is 22.7 Å². The first-order valence-corrected chi connectivity index (χ1v) is 12.0. The number of methoxy groups -OCH3 is 2. The monoisotopic (exact) mass is 470 g/mol. The first kappa shape index (κ1) is 21.9. The lowest BCUT2D eigenvalue weighted by Crippen LogP contribution is -1.97. The Hall–Kier alpha value is -4.57. The molecule has 0 amide bonds. The predicted octanol–water partition coefficient (Wildman–Crippen LogP) is 7.81. The van der Waals surface area contributed by atoms with Crippen LogP contribution in [0.15, 0.2) is 103 Å². The van der Waals surface area contributed by atoms with Gasteiger partial charge >= 0.3 is 0 Å². The van der Waals surface area contributed by atoms with Crippen molar-refractivity contribution >= 4 is 16.4 Å². The van der Waals surface area contributed by atoms with Crippen LogP contribution in [-0.2, 0) is 0 Å². The van der Waals surface area contributed by atoms with Crippen LogP contribution in [0, 0.1) is 6.92 Å². The number of nitrogens with zero attached hydrogens (tertiary/aromatic N) is 2. The smallest absolute Gasteiger partial charge is 0.118 e. The zero-order valence-electron chi connectivity index (χ0n) is 20.5. The zero-order chi connectivity index (χ0) is 24.6. The molecule has 0 aliphatic carbocycles. The molecule has 0 saturated carbocycles. The molecule has 0 fully saturated rings. The maximum atomic E-state index is 5.39. The fraction of sp³-hybridized carbons (Fsp3) is 0.0938. The van der Waals surface area contributed by atoms with Crippen molar-refractivity contribution in [3.8, 4) is 45.1 Å². The van der Waals surface area contributed by atoms with Crippen molar-refractivity contribution in [3.05, 3.63) is 109 Å².